The molecule has 0 saturated carbocycles. The van der Waals surface area contributed by atoms with E-state index in [9.17, 15) is 18.0 Å². The molecule has 5 nitrogen and oxygen atoms in total. The van der Waals surface area contributed by atoms with E-state index in [4.69, 9.17) is 5.73 Å². The number of carbonyl (C=O) groups excluding carboxylic acids is 1. The summed E-state index contributed by atoms with van der Waals surface area (Å²) in [5.74, 6) is -0.800. The highest BCUT2D eigenvalue weighted by molar-refractivity contribution is 5.88. The van der Waals surface area contributed by atoms with E-state index < -0.39 is 25.5 Å². The van der Waals surface area contributed by atoms with Gasteiger partial charge < -0.3 is 19.8 Å². The summed E-state index contributed by atoms with van der Waals surface area (Å²) in [7, 11) is 1.56. The molecule has 1 rings (SSSR count). The zero-order valence-electron chi connectivity index (χ0n) is 8.95. The van der Waals surface area contributed by atoms with E-state index in [0.717, 1.165) is 0 Å². The number of esters is 1. The van der Waals surface area contributed by atoms with Gasteiger partial charge in [0.05, 0.1) is 5.69 Å². The van der Waals surface area contributed by atoms with Crippen molar-refractivity contribution in [3.63, 3.8) is 0 Å². The number of anilines is 1. The van der Waals surface area contributed by atoms with E-state index in [1.54, 1.807) is 7.05 Å². The first-order valence-corrected chi connectivity index (χ1v) is 4.53. The second-order valence-corrected chi connectivity index (χ2v) is 3.28. The zero-order valence-corrected chi connectivity index (χ0v) is 8.95. The molecule has 1 heterocycles. The molecular weight excluding hydrogens is 241 g/mol. The maximum Gasteiger partial charge on any atom is 0.411 e. The van der Waals surface area contributed by atoms with Crippen LogP contribution in [0.3, 0.4) is 0 Å². The van der Waals surface area contributed by atoms with E-state index in [0.29, 0.717) is 5.69 Å². The number of nitrogens with two attached hydrogens (primary N) is 1. The molecule has 8 heteroatoms. The molecule has 96 valence electrons. The first-order valence-electron chi connectivity index (χ1n) is 4.53. The molecule has 0 fully saturated rings. The molecule has 1 aromatic rings. The van der Waals surface area contributed by atoms with Crippen LogP contribution in [0.25, 0.3) is 0 Å². The lowest BCUT2D eigenvalue weighted by Crippen LogP contribution is -2.20. The van der Waals surface area contributed by atoms with Crippen molar-refractivity contribution in [2.75, 3.05) is 19.1 Å². The minimum Gasteiger partial charge on any atom is -0.434 e. The molecule has 0 radical (unpaired) electrons. The molecule has 0 amide bonds. The minimum absolute atomic E-state index is 0.137. The van der Waals surface area contributed by atoms with E-state index in [1.807, 2.05) is 0 Å². The van der Waals surface area contributed by atoms with Crippen LogP contribution < -0.4 is 5.73 Å². The number of rotatable bonds is 4. The molecule has 0 aliphatic rings. The Hall–Kier alpha value is -1.70. The third-order valence-corrected chi connectivity index (χ3v) is 1.77. The number of ether oxygens (including phenoxy) is 2. The lowest BCUT2D eigenvalue weighted by atomic mass is 10.4. The quantitative estimate of drug-likeness (QED) is 0.498. The largest absolute Gasteiger partial charge is 0.434 e. The SMILES string of the molecule is Cn1cc(N)cc1C(=O)OCOCC(F)(F)F. The molecule has 17 heavy (non-hydrogen) atoms. The number of hydrogen-bond acceptors (Lipinski definition) is 4. The van der Waals surface area contributed by atoms with Gasteiger partial charge in [0.15, 0.2) is 6.79 Å². The standard InChI is InChI=1S/C9H11F3N2O3/c1-14-3-6(13)2-7(14)8(15)17-5-16-4-9(10,11)12/h2-3H,4-5,13H2,1H3. The fraction of sp³-hybridized carbons (Fsp3) is 0.444. The summed E-state index contributed by atoms with van der Waals surface area (Å²) in [6.07, 6.45) is -2.96. The average Bonchev–Trinajstić information content (AvgIpc) is 2.51. The average molecular weight is 252 g/mol. The van der Waals surface area contributed by atoms with Gasteiger partial charge in [-0.1, -0.05) is 0 Å². The zero-order chi connectivity index (χ0) is 13.1. The Morgan fingerprint density at radius 3 is 2.65 bits per heavy atom. The first-order chi connectivity index (χ1) is 7.79. The maximum atomic E-state index is 11.7. The van der Waals surface area contributed by atoms with Crippen LogP contribution in [0, 0.1) is 0 Å². The Balaban J connectivity index is 2.38. The van der Waals surface area contributed by atoms with Gasteiger partial charge in [0.2, 0.25) is 0 Å². The van der Waals surface area contributed by atoms with Gasteiger partial charge in [0.1, 0.15) is 12.3 Å². The van der Waals surface area contributed by atoms with Crippen LogP contribution >= 0.6 is 0 Å². The molecule has 1 aromatic heterocycles. The molecule has 0 atom stereocenters. The van der Waals surface area contributed by atoms with Gasteiger partial charge in [-0.2, -0.15) is 13.2 Å². The van der Waals surface area contributed by atoms with E-state index >= 15 is 0 Å². The Bertz CT molecular complexity index is 401. The number of halogens is 3. The summed E-state index contributed by atoms with van der Waals surface area (Å²) < 4.78 is 45.1. The summed E-state index contributed by atoms with van der Waals surface area (Å²) in [6.45, 7) is -2.22. The number of nitrogens with zero attached hydrogens (tertiary/aromatic N) is 1. The predicted octanol–water partition coefficient (Wildman–Crippen LogP) is 1.30. The van der Waals surface area contributed by atoms with E-state index in [-0.39, 0.29) is 5.69 Å². The normalized spacial score (nSPS) is 11.5. The van der Waals surface area contributed by atoms with E-state index in [2.05, 4.69) is 9.47 Å². The van der Waals surface area contributed by atoms with Crippen molar-refractivity contribution in [2.45, 2.75) is 6.18 Å². The van der Waals surface area contributed by atoms with Crippen molar-refractivity contribution in [3.8, 4) is 0 Å². The van der Waals surface area contributed by atoms with Crippen LogP contribution in [0.2, 0.25) is 0 Å². The minimum atomic E-state index is -4.44. The highest BCUT2D eigenvalue weighted by Gasteiger charge is 2.27. The molecule has 0 unspecified atom stereocenters. The summed E-state index contributed by atoms with van der Waals surface area (Å²) in [5.41, 5.74) is 5.91. The number of nitrogen functional groups attached to an aromatic ring is 1. The van der Waals surface area contributed by atoms with Gasteiger partial charge in [-0.3, -0.25) is 0 Å². The fourth-order valence-electron chi connectivity index (χ4n) is 1.12. The molecular formula is C9H11F3N2O3. The van der Waals surface area contributed by atoms with Crippen molar-refractivity contribution in [2.24, 2.45) is 7.05 Å². The van der Waals surface area contributed by atoms with Crippen LogP contribution in [-0.2, 0) is 16.5 Å². The summed E-state index contributed by atoms with van der Waals surface area (Å²) >= 11 is 0. The summed E-state index contributed by atoms with van der Waals surface area (Å²) in [4.78, 5) is 11.3. The van der Waals surface area contributed by atoms with E-state index in [1.165, 1.54) is 16.8 Å². The molecule has 0 saturated heterocycles. The number of alkyl halides is 3. The Kier molecular flexibility index (Phi) is 4.00. The van der Waals surface area contributed by atoms with Crippen LogP contribution in [0.1, 0.15) is 10.5 Å². The first kappa shape index (κ1) is 13.4. The van der Waals surface area contributed by atoms with Crippen LogP contribution in [0.5, 0.6) is 0 Å². The predicted molar refractivity (Wildman–Crippen MR) is 52.1 cm³/mol. The molecule has 0 aliphatic carbocycles. The van der Waals surface area contributed by atoms with Crippen molar-refractivity contribution in [1.82, 2.24) is 4.57 Å². The summed E-state index contributed by atoms with van der Waals surface area (Å²) in [5, 5.41) is 0. The van der Waals surface area contributed by atoms with Gasteiger partial charge in [0.25, 0.3) is 0 Å². The number of carbonyl (C=O) groups is 1. The van der Waals surface area contributed by atoms with Gasteiger partial charge in [-0.05, 0) is 6.07 Å². The lowest BCUT2D eigenvalue weighted by Gasteiger charge is -2.08. The van der Waals surface area contributed by atoms with Crippen molar-refractivity contribution < 1.29 is 27.4 Å². The second-order valence-electron chi connectivity index (χ2n) is 3.28. The highest BCUT2D eigenvalue weighted by Crippen LogP contribution is 2.14. The van der Waals surface area contributed by atoms with Gasteiger partial charge >= 0.3 is 12.1 Å². The molecule has 2 N–H and O–H groups in total. The van der Waals surface area contributed by atoms with Crippen molar-refractivity contribution in [1.29, 1.82) is 0 Å². The second kappa shape index (κ2) is 5.09. The smallest absolute Gasteiger partial charge is 0.411 e. The third kappa shape index (κ3) is 4.35. The third-order valence-electron chi connectivity index (χ3n) is 1.77. The van der Waals surface area contributed by atoms with Crippen LogP contribution in [0.15, 0.2) is 12.3 Å². The number of hydrogen-bond donors (Lipinski definition) is 1. The Morgan fingerprint density at radius 2 is 2.18 bits per heavy atom. The van der Waals surface area contributed by atoms with Crippen LogP contribution in [0.4, 0.5) is 18.9 Å². The van der Waals surface area contributed by atoms with Gasteiger partial charge in [0, 0.05) is 13.2 Å². The monoisotopic (exact) mass is 252 g/mol. The Morgan fingerprint density at radius 1 is 1.53 bits per heavy atom. The molecule has 0 bridgehead atoms. The molecule has 0 aromatic carbocycles. The van der Waals surface area contributed by atoms with Crippen molar-refractivity contribution >= 4 is 11.7 Å². The fourth-order valence-corrected chi connectivity index (χ4v) is 1.12. The van der Waals surface area contributed by atoms with Crippen molar-refractivity contribution in [3.05, 3.63) is 18.0 Å². The molecule has 0 spiro atoms. The number of aromatic nitrogens is 1. The lowest BCUT2D eigenvalue weighted by molar-refractivity contribution is -0.190. The maximum absolute atomic E-state index is 11.7. The topological polar surface area (TPSA) is 66.5 Å². The van der Waals surface area contributed by atoms with Crippen LogP contribution in [-0.4, -0.2) is 30.1 Å². The molecule has 0 aliphatic heterocycles. The van der Waals surface area contributed by atoms with Gasteiger partial charge in [-0.25, -0.2) is 4.79 Å². The number of aryl methyl sites for hydroxylation is 1. The summed E-state index contributed by atoms with van der Waals surface area (Å²) in [6, 6.07) is 1.35. The highest BCUT2D eigenvalue weighted by atomic mass is 19.4. The Labute approximate surface area is 94.9 Å². The van der Waals surface area contributed by atoms with Gasteiger partial charge in [-0.15, -0.1) is 0 Å².